The molecule has 3 nitrogen and oxygen atoms in total. The lowest BCUT2D eigenvalue weighted by Crippen LogP contribution is -2.46. The zero-order valence-electron chi connectivity index (χ0n) is 8.75. The minimum absolute atomic E-state index is 0.153. The van der Waals surface area contributed by atoms with E-state index in [1.54, 1.807) is 13.8 Å². The second kappa shape index (κ2) is 4.40. The predicted octanol–water partition coefficient (Wildman–Crippen LogP) is 1.33. The molecule has 4 heteroatoms. The molecule has 0 bridgehead atoms. The molecule has 0 aliphatic carbocycles. The monoisotopic (exact) mass is 211 g/mol. The lowest BCUT2D eigenvalue weighted by atomic mass is 10.1. The molecule has 0 spiro atoms. The normalized spacial score (nSPS) is 11.2. The number of nitrogens with one attached hydrogen (secondary N) is 1. The number of halogens is 1. The number of carbonyl (C=O) groups excluding carboxylic acids is 1. The Morgan fingerprint density at radius 2 is 1.93 bits per heavy atom. The van der Waals surface area contributed by atoms with E-state index >= 15 is 0 Å². The first-order valence-corrected chi connectivity index (χ1v) is 4.63. The van der Waals surface area contributed by atoms with E-state index in [-0.39, 0.29) is 18.3 Å². The van der Waals surface area contributed by atoms with Crippen LogP contribution in [0.25, 0.3) is 0 Å². The minimum atomic E-state index is -0.675. The van der Waals surface area contributed by atoms with Crippen molar-refractivity contribution in [2.75, 3.05) is 6.61 Å². The molecule has 0 aliphatic rings. The zero-order chi connectivity index (χ0) is 11.5. The van der Waals surface area contributed by atoms with E-state index in [1.807, 2.05) is 0 Å². The summed E-state index contributed by atoms with van der Waals surface area (Å²) in [6.07, 6.45) is 0. The van der Waals surface area contributed by atoms with Crippen LogP contribution >= 0.6 is 0 Å². The van der Waals surface area contributed by atoms with E-state index in [2.05, 4.69) is 5.32 Å². The lowest BCUT2D eigenvalue weighted by molar-refractivity contribution is 0.0869. The van der Waals surface area contributed by atoms with Crippen LogP contribution in [-0.4, -0.2) is 23.2 Å². The summed E-state index contributed by atoms with van der Waals surface area (Å²) in [7, 11) is 0. The largest absolute Gasteiger partial charge is 0.394 e. The summed E-state index contributed by atoms with van der Waals surface area (Å²) in [5.74, 6) is -0.706. The highest BCUT2D eigenvalue weighted by atomic mass is 19.1. The Morgan fingerprint density at radius 3 is 2.40 bits per heavy atom. The van der Waals surface area contributed by atoms with Gasteiger partial charge in [0.15, 0.2) is 0 Å². The van der Waals surface area contributed by atoms with Gasteiger partial charge in [0.2, 0.25) is 0 Å². The maximum absolute atomic E-state index is 12.6. The van der Waals surface area contributed by atoms with Crippen LogP contribution in [0.3, 0.4) is 0 Å². The standard InChI is InChI=1S/C11H14FNO2/c1-11(2,7-14)13-10(15)8-3-5-9(12)6-4-8/h3-6,14H,7H2,1-2H3,(H,13,15). The highest BCUT2D eigenvalue weighted by molar-refractivity contribution is 5.94. The van der Waals surface area contributed by atoms with Crippen LogP contribution in [0, 0.1) is 5.82 Å². The molecule has 0 heterocycles. The molecule has 0 saturated heterocycles. The number of hydrogen-bond donors (Lipinski definition) is 2. The third kappa shape index (κ3) is 3.32. The van der Waals surface area contributed by atoms with Crippen LogP contribution in [0.2, 0.25) is 0 Å². The summed E-state index contributed by atoms with van der Waals surface area (Å²) in [6, 6.07) is 5.25. The molecule has 2 N–H and O–H groups in total. The van der Waals surface area contributed by atoms with Crippen molar-refractivity contribution in [2.24, 2.45) is 0 Å². The number of rotatable bonds is 3. The van der Waals surface area contributed by atoms with Crippen molar-refractivity contribution >= 4 is 5.91 Å². The molecule has 0 atom stereocenters. The van der Waals surface area contributed by atoms with Gasteiger partial charge in [-0.3, -0.25) is 4.79 Å². The third-order valence-corrected chi connectivity index (χ3v) is 1.95. The molecular weight excluding hydrogens is 197 g/mol. The van der Waals surface area contributed by atoms with E-state index in [0.717, 1.165) is 0 Å². The van der Waals surface area contributed by atoms with Crippen molar-refractivity contribution in [3.05, 3.63) is 35.6 Å². The highest BCUT2D eigenvalue weighted by Gasteiger charge is 2.19. The van der Waals surface area contributed by atoms with Gasteiger partial charge < -0.3 is 10.4 Å². The van der Waals surface area contributed by atoms with Crippen molar-refractivity contribution in [1.29, 1.82) is 0 Å². The number of amides is 1. The summed E-state index contributed by atoms with van der Waals surface area (Å²) in [5, 5.41) is 11.6. The van der Waals surface area contributed by atoms with Crippen LogP contribution in [0.1, 0.15) is 24.2 Å². The van der Waals surface area contributed by atoms with Gasteiger partial charge in [0.05, 0.1) is 12.1 Å². The number of benzene rings is 1. The van der Waals surface area contributed by atoms with Gasteiger partial charge in [-0.1, -0.05) is 0 Å². The van der Waals surface area contributed by atoms with Gasteiger partial charge in [-0.05, 0) is 38.1 Å². The summed E-state index contributed by atoms with van der Waals surface area (Å²) < 4.78 is 12.6. The summed E-state index contributed by atoms with van der Waals surface area (Å²) >= 11 is 0. The maximum Gasteiger partial charge on any atom is 0.251 e. The average molecular weight is 211 g/mol. The average Bonchev–Trinajstić information content (AvgIpc) is 2.18. The maximum atomic E-state index is 12.6. The topological polar surface area (TPSA) is 49.3 Å². The van der Waals surface area contributed by atoms with E-state index in [4.69, 9.17) is 5.11 Å². The Hall–Kier alpha value is -1.42. The van der Waals surface area contributed by atoms with Crippen LogP contribution in [0.5, 0.6) is 0 Å². The molecule has 0 radical (unpaired) electrons. The Morgan fingerprint density at radius 1 is 1.40 bits per heavy atom. The number of hydrogen-bond acceptors (Lipinski definition) is 2. The van der Waals surface area contributed by atoms with Gasteiger partial charge in [-0.25, -0.2) is 4.39 Å². The van der Waals surface area contributed by atoms with Gasteiger partial charge >= 0.3 is 0 Å². The molecule has 0 aromatic heterocycles. The van der Waals surface area contributed by atoms with Crippen molar-refractivity contribution in [3.63, 3.8) is 0 Å². The van der Waals surface area contributed by atoms with E-state index < -0.39 is 5.54 Å². The van der Waals surface area contributed by atoms with Gasteiger partial charge in [0.1, 0.15) is 5.82 Å². The molecule has 1 rings (SSSR count). The van der Waals surface area contributed by atoms with Crippen molar-refractivity contribution in [2.45, 2.75) is 19.4 Å². The Bertz CT molecular complexity index is 346. The van der Waals surface area contributed by atoms with Crippen LogP contribution in [0.15, 0.2) is 24.3 Å². The molecule has 1 aromatic carbocycles. The molecule has 0 unspecified atom stereocenters. The van der Waals surface area contributed by atoms with Crippen LogP contribution in [-0.2, 0) is 0 Å². The van der Waals surface area contributed by atoms with Gasteiger partial charge in [-0.15, -0.1) is 0 Å². The molecule has 15 heavy (non-hydrogen) atoms. The van der Waals surface area contributed by atoms with Crippen molar-refractivity contribution in [3.8, 4) is 0 Å². The lowest BCUT2D eigenvalue weighted by Gasteiger charge is -2.23. The number of aliphatic hydroxyl groups excluding tert-OH is 1. The van der Waals surface area contributed by atoms with Crippen molar-refractivity contribution in [1.82, 2.24) is 5.32 Å². The molecule has 82 valence electrons. The van der Waals surface area contributed by atoms with E-state index in [9.17, 15) is 9.18 Å². The first kappa shape index (κ1) is 11.7. The second-order valence-corrected chi connectivity index (χ2v) is 4.00. The predicted molar refractivity (Wildman–Crippen MR) is 55.0 cm³/mol. The number of aliphatic hydroxyl groups is 1. The smallest absolute Gasteiger partial charge is 0.251 e. The SMILES string of the molecule is CC(C)(CO)NC(=O)c1ccc(F)cc1. The first-order chi connectivity index (χ1) is 6.94. The molecular formula is C11H14FNO2. The van der Waals surface area contributed by atoms with E-state index in [0.29, 0.717) is 5.56 Å². The highest BCUT2D eigenvalue weighted by Crippen LogP contribution is 2.06. The third-order valence-electron chi connectivity index (χ3n) is 1.95. The first-order valence-electron chi connectivity index (χ1n) is 4.63. The molecule has 0 saturated carbocycles. The van der Waals surface area contributed by atoms with E-state index in [1.165, 1.54) is 24.3 Å². The fraction of sp³-hybridized carbons (Fsp3) is 0.364. The summed E-state index contributed by atoms with van der Waals surface area (Å²) in [4.78, 5) is 11.6. The Labute approximate surface area is 87.9 Å². The molecule has 1 amide bonds. The number of carbonyl (C=O) groups is 1. The summed E-state index contributed by atoms with van der Waals surface area (Å²) in [5.41, 5.74) is -0.302. The van der Waals surface area contributed by atoms with Crippen molar-refractivity contribution < 1.29 is 14.3 Å². The quantitative estimate of drug-likeness (QED) is 0.792. The Kier molecular flexibility index (Phi) is 3.42. The second-order valence-electron chi connectivity index (χ2n) is 4.00. The van der Waals surface area contributed by atoms with Crippen LogP contribution in [0.4, 0.5) is 4.39 Å². The minimum Gasteiger partial charge on any atom is -0.394 e. The van der Waals surface area contributed by atoms with Gasteiger partial charge in [-0.2, -0.15) is 0 Å². The van der Waals surface area contributed by atoms with Gasteiger partial charge in [0.25, 0.3) is 5.91 Å². The van der Waals surface area contributed by atoms with Crippen LogP contribution < -0.4 is 5.32 Å². The fourth-order valence-electron chi connectivity index (χ4n) is 1.02. The Balaban J connectivity index is 2.74. The van der Waals surface area contributed by atoms with Gasteiger partial charge in [0, 0.05) is 5.56 Å². The fourth-order valence-corrected chi connectivity index (χ4v) is 1.02. The summed E-state index contributed by atoms with van der Waals surface area (Å²) in [6.45, 7) is 3.25. The molecule has 0 fully saturated rings. The molecule has 1 aromatic rings. The zero-order valence-corrected chi connectivity index (χ0v) is 8.75. The molecule has 0 aliphatic heterocycles.